The molecule has 0 heterocycles. The fourth-order valence-corrected chi connectivity index (χ4v) is 2.80. The van der Waals surface area contributed by atoms with Gasteiger partial charge in [0.25, 0.3) is 0 Å². The van der Waals surface area contributed by atoms with Gasteiger partial charge in [-0.1, -0.05) is 25.0 Å². The van der Waals surface area contributed by atoms with E-state index in [1.165, 1.54) is 24.0 Å². The van der Waals surface area contributed by atoms with Gasteiger partial charge in [-0.25, -0.2) is 0 Å². The first-order valence-corrected chi connectivity index (χ1v) is 6.52. The van der Waals surface area contributed by atoms with Crippen LogP contribution in [0.5, 0.6) is 5.75 Å². The third-order valence-corrected chi connectivity index (χ3v) is 3.83. The van der Waals surface area contributed by atoms with Gasteiger partial charge in [0, 0.05) is 0 Å². The molecule has 0 spiro atoms. The van der Waals surface area contributed by atoms with Crippen LogP contribution >= 0.6 is 0 Å². The molecule has 1 N–H and O–H groups in total. The zero-order valence-electron chi connectivity index (χ0n) is 10.8. The Hall–Kier alpha value is -1.02. The Bertz CT molecular complexity index is 373. The molecule has 17 heavy (non-hydrogen) atoms. The molecule has 2 unspecified atom stereocenters. The maximum atomic E-state index is 9.98. The standard InChI is InChI=1S/C15H22O2/c1-11-9-12(7-8-15(11)17-2)10-13-5-3-4-6-14(13)16/h7-9,13-14,16H,3-6,10H2,1-2H3. The summed E-state index contributed by atoms with van der Waals surface area (Å²) in [6.07, 6.45) is 5.46. The minimum atomic E-state index is -0.105. The minimum absolute atomic E-state index is 0.105. The first-order valence-electron chi connectivity index (χ1n) is 6.52. The lowest BCUT2D eigenvalue weighted by Gasteiger charge is -2.27. The van der Waals surface area contributed by atoms with Gasteiger partial charge < -0.3 is 9.84 Å². The SMILES string of the molecule is COc1ccc(CC2CCCCC2O)cc1C. The quantitative estimate of drug-likeness (QED) is 0.870. The second-order valence-corrected chi connectivity index (χ2v) is 5.12. The van der Waals surface area contributed by atoms with Crippen LogP contribution in [0.2, 0.25) is 0 Å². The molecule has 1 aliphatic rings. The van der Waals surface area contributed by atoms with Crippen LogP contribution in [0.15, 0.2) is 18.2 Å². The van der Waals surface area contributed by atoms with Gasteiger partial charge in [-0.05, 0) is 49.3 Å². The molecular formula is C15H22O2. The molecule has 2 heteroatoms. The van der Waals surface area contributed by atoms with E-state index < -0.39 is 0 Å². The lowest BCUT2D eigenvalue weighted by molar-refractivity contribution is 0.0700. The Morgan fingerprint density at radius 2 is 2.06 bits per heavy atom. The van der Waals surface area contributed by atoms with Crippen LogP contribution in [0, 0.1) is 12.8 Å². The molecule has 0 aliphatic heterocycles. The van der Waals surface area contributed by atoms with Gasteiger partial charge in [-0.2, -0.15) is 0 Å². The molecule has 0 amide bonds. The maximum Gasteiger partial charge on any atom is 0.121 e. The lowest BCUT2D eigenvalue weighted by Crippen LogP contribution is -2.26. The fourth-order valence-electron chi connectivity index (χ4n) is 2.80. The maximum absolute atomic E-state index is 9.98. The van der Waals surface area contributed by atoms with E-state index in [1.54, 1.807) is 7.11 Å². The van der Waals surface area contributed by atoms with E-state index in [9.17, 15) is 5.11 Å². The van der Waals surface area contributed by atoms with Crippen LogP contribution in [-0.2, 0) is 6.42 Å². The summed E-state index contributed by atoms with van der Waals surface area (Å²) >= 11 is 0. The Morgan fingerprint density at radius 1 is 1.29 bits per heavy atom. The van der Waals surface area contributed by atoms with Crippen molar-refractivity contribution in [3.8, 4) is 5.75 Å². The summed E-state index contributed by atoms with van der Waals surface area (Å²) in [7, 11) is 1.70. The zero-order chi connectivity index (χ0) is 12.3. The molecule has 2 atom stereocenters. The predicted octanol–water partition coefficient (Wildman–Crippen LogP) is 3.10. The molecule has 2 nitrogen and oxygen atoms in total. The van der Waals surface area contributed by atoms with E-state index in [2.05, 4.69) is 19.1 Å². The van der Waals surface area contributed by atoms with Crippen molar-refractivity contribution in [2.24, 2.45) is 5.92 Å². The van der Waals surface area contributed by atoms with Crippen LogP contribution in [0.3, 0.4) is 0 Å². The topological polar surface area (TPSA) is 29.5 Å². The molecule has 0 radical (unpaired) electrons. The van der Waals surface area contributed by atoms with Gasteiger partial charge in [0.15, 0.2) is 0 Å². The number of aryl methyl sites for hydroxylation is 1. The van der Waals surface area contributed by atoms with Crippen molar-refractivity contribution in [3.63, 3.8) is 0 Å². The third kappa shape index (κ3) is 3.01. The largest absolute Gasteiger partial charge is 0.496 e. The van der Waals surface area contributed by atoms with Crippen LogP contribution in [0.4, 0.5) is 0 Å². The summed E-state index contributed by atoms with van der Waals surface area (Å²) in [4.78, 5) is 0. The highest BCUT2D eigenvalue weighted by atomic mass is 16.5. The first-order chi connectivity index (χ1) is 8.20. The van der Waals surface area contributed by atoms with Crippen molar-refractivity contribution in [3.05, 3.63) is 29.3 Å². The third-order valence-electron chi connectivity index (χ3n) is 3.83. The lowest BCUT2D eigenvalue weighted by atomic mass is 9.82. The van der Waals surface area contributed by atoms with Crippen LogP contribution < -0.4 is 4.74 Å². The first kappa shape index (κ1) is 12.4. The van der Waals surface area contributed by atoms with Gasteiger partial charge >= 0.3 is 0 Å². The Balaban J connectivity index is 2.05. The summed E-state index contributed by atoms with van der Waals surface area (Å²) < 4.78 is 5.26. The minimum Gasteiger partial charge on any atom is -0.496 e. The zero-order valence-corrected chi connectivity index (χ0v) is 10.8. The van der Waals surface area contributed by atoms with Gasteiger partial charge in [0.2, 0.25) is 0 Å². The highest BCUT2D eigenvalue weighted by Gasteiger charge is 2.23. The van der Waals surface area contributed by atoms with Crippen LogP contribution in [0.25, 0.3) is 0 Å². The normalized spacial score (nSPS) is 24.6. The van der Waals surface area contributed by atoms with Crippen molar-refractivity contribution < 1.29 is 9.84 Å². The number of hydrogen-bond acceptors (Lipinski definition) is 2. The van der Waals surface area contributed by atoms with E-state index in [1.807, 2.05) is 6.07 Å². The number of ether oxygens (including phenoxy) is 1. The molecule has 1 aliphatic carbocycles. The van der Waals surface area contributed by atoms with E-state index in [-0.39, 0.29) is 6.10 Å². The number of aliphatic hydroxyl groups is 1. The van der Waals surface area contributed by atoms with Crippen molar-refractivity contribution in [2.45, 2.75) is 45.1 Å². The second kappa shape index (κ2) is 5.54. The van der Waals surface area contributed by atoms with Gasteiger partial charge in [-0.3, -0.25) is 0 Å². The summed E-state index contributed by atoms with van der Waals surface area (Å²) in [5.41, 5.74) is 2.49. The Morgan fingerprint density at radius 3 is 2.71 bits per heavy atom. The van der Waals surface area contributed by atoms with E-state index >= 15 is 0 Å². The second-order valence-electron chi connectivity index (χ2n) is 5.12. The highest BCUT2D eigenvalue weighted by molar-refractivity contribution is 5.36. The molecule has 94 valence electrons. The number of benzene rings is 1. The van der Waals surface area contributed by atoms with Gasteiger partial charge in [0.1, 0.15) is 5.75 Å². The van der Waals surface area contributed by atoms with E-state index in [4.69, 9.17) is 4.74 Å². The average Bonchev–Trinajstić information content (AvgIpc) is 2.32. The van der Waals surface area contributed by atoms with Crippen molar-refractivity contribution in [1.29, 1.82) is 0 Å². The summed E-state index contributed by atoms with van der Waals surface area (Å²) in [6.45, 7) is 2.07. The van der Waals surface area contributed by atoms with E-state index in [0.29, 0.717) is 5.92 Å². The van der Waals surface area contributed by atoms with Gasteiger partial charge in [0.05, 0.1) is 13.2 Å². The summed E-state index contributed by atoms with van der Waals surface area (Å²) in [5.74, 6) is 1.38. The Kier molecular flexibility index (Phi) is 4.06. The summed E-state index contributed by atoms with van der Waals surface area (Å²) in [5, 5.41) is 9.98. The van der Waals surface area contributed by atoms with Crippen molar-refractivity contribution in [2.75, 3.05) is 7.11 Å². The molecule has 0 bridgehead atoms. The molecule has 0 aromatic heterocycles. The average molecular weight is 234 g/mol. The van der Waals surface area contributed by atoms with E-state index in [0.717, 1.165) is 25.0 Å². The number of aliphatic hydroxyl groups excluding tert-OH is 1. The molecule has 1 saturated carbocycles. The van der Waals surface area contributed by atoms with Crippen molar-refractivity contribution in [1.82, 2.24) is 0 Å². The smallest absolute Gasteiger partial charge is 0.121 e. The van der Waals surface area contributed by atoms with Crippen LogP contribution in [-0.4, -0.2) is 18.3 Å². The monoisotopic (exact) mass is 234 g/mol. The number of rotatable bonds is 3. The molecule has 1 aromatic rings. The molecular weight excluding hydrogens is 212 g/mol. The molecule has 1 aromatic carbocycles. The van der Waals surface area contributed by atoms with Crippen molar-refractivity contribution >= 4 is 0 Å². The molecule has 2 rings (SSSR count). The number of hydrogen-bond donors (Lipinski definition) is 1. The molecule has 1 fully saturated rings. The summed E-state index contributed by atoms with van der Waals surface area (Å²) in [6, 6.07) is 6.33. The number of methoxy groups -OCH3 is 1. The van der Waals surface area contributed by atoms with Crippen LogP contribution in [0.1, 0.15) is 36.8 Å². The molecule has 0 saturated heterocycles. The van der Waals surface area contributed by atoms with Gasteiger partial charge in [-0.15, -0.1) is 0 Å². The Labute approximate surface area is 104 Å². The highest BCUT2D eigenvalue weighted by Crippen LogP contribution is 2.28. The fraction of sp³-hybridized carbons (Fsp3) is 0.600. The predicted molar refractivity (Wildman–Crippen MR) is 69.4 cm³/mol.